The Morgan fingerprint density at radius 1 is 1.25 bits per heavy atom. The molecule has 0 amide bonds. The maximum absolute atomic E-state index is 13.7. The van der Waals surface area contributed by atoms with Crippen LogP contribution in [-0.4, -0.2) is 7.05 Å². The third-order valence-electron chi connectivity index (χ3n) is 3.48. The fraction of sp³-hybridized carbons (Fsp3) is 0.538. The molecule has 1 saturated carbocycles. The van der Waals surface area contributed by atoms with Crippen molar-refractivity contribution >= 4 is 0 Å². The van der Waals surface area contributed by atoms with E-state index in [9.17, 15) is 8.78 Å². The SMILES string of the molecule is CNC(c1ccc(F)cc1F)C1CCCC1. The van der Waals surface area contributed by atoms with E-state index in [-0.39, 0.29) is 6.04 Å². The molecule has 0 aromatic heterocycles. The Labute approximate surface area is 94.9 Å². The predicted octanol–water partition coefficient (Wildman–Crippen LogP) is 3.42. The van der Waals surface area contributed by atoms with Gasteiger partial charge in [0.15, 0.2) is 0 Å². The summed E-state index contributed by atoms with van der Waals surface area (Å²) in [7, 11) is 1.84. The van der Waals surface area contributed by atoms with E-state index in [1.54, 1.807) is 6.07 Å². The van der Waals surface area contributed by atoms with Gasteiger partial charge in [0, 0.05) is 17.7 Å². The van der Waals surface area contributed by atoms with Gasteiger partial charge in [0.2, 0.25) is 0 Å². The van der Waals surface area contributed by atoms with Crippen molar-refractivity contribution in [2.75, 3.05) is 7.05 Å². The Morgan fingerprint density at radius 3 is 2.50 bits per heavy atom. The van der Waals surface area contributed by atoms with E-state index in [0.29, 0.717) is 11.5 Å². The second-order valence-electron chi connectivity index (χ2n) is 4.48. The zero-order chi connectivity index (χ0) is 11.5. The first kappa shape index (κ1) is 11.5. The van der Waals surface area contributed by atoms with Crippen LogP contribution in [0, 0.1) is 17.6 Å². The first-order valence-corrected chi connectivity index (χ1v) is 5.84. The first-order valence-electron chi connectivity index (χ1n) is 5.84. The van der Waals surface area contributed by atoms with Crippen LogP contribution in [0.2, 0.25) is 0 Å². The summed E-state index contributed by atoms with van der Waals surface area (Å²) in [5, 5.41) is 3.16. The standard InChI is InChI=1S/C13H17F2N/c1-16-13(9-4-2-3-5-9)11-7-6-10(14)8-12(11)15/h6-9,13,16H,2-5H2,1H3. The normalized spacial score (nSPS) is 18.9. The van der Waals surface area contributed by atoms with Crippen LogP contribution in [0.25, 0.3) is 0 Å². The van der Waals surface area contributed by atoms with E-state index < -0.39 is 11.6 Å². The minimum absolute atomic E-state index is 0.0168. The summed E-state index contributed by atoms with van der Waals surface area (Å²) in [6.07, 6.45) is 4.68. The van der Waals surface area contributed by atoms with Crippen molar-refractivity contribution in [3.63, 3.8) is 0 Å². The smallest absolute Gasteiger partial charge is 0.130 e. The van der Waals surface area contributed by atoms with Crippen molar-refractivity contribution in [2.24, 2.45) is 5.92 Å². The molecule has 0 spiro atoms. The Morgan fingerprint density at radius 2 is 1.94 bits per heavy atom. The third-order valence-corrected chi connectivity index (χ3v) is 3.48. The molecule has 0 bridgehead atoms. The molecule has 1 atom stereocenters. The van der Waals surface area contributed by atoms with Crippen molar-refractivity contribution in [1.82, 2.24) is 5.32 Å². The molecule has 1 nitrogen and oxygen atoms in total. The molecule has 2 rings (SSSR count). The summed E-state index contributed by atoms with van der Waals surface area (Å²) in [5.41, 5.74) is 0.593. The summed E-state index contributed by atoms with van der Waals surface area (Å²) >= 11 is 0. The monoisotopic (exact) mass is 225 g/mol. The molecule has 3 heteroatoms. The largest absolute Gasteiger partial charge is 0.313 e. The molecule has 1 aliphatic carbocycles. The number of hydrogen-bond donors (Lipinski definition) is 1. The van der Waals surface area contributed by atoms with Crippen LogP contribution in [0.4, 0.5) is 8.78 Å². The van der Waals surface area contributed by atoms with Gasteiger partial charge in [0.1, 0.15) is 11.6 Å². The molecular weight excluding hydrogens is 208 g/mol. The Balaban J connectivity index is 2.25. The van der Waals surface area contributed by atoms with E-state index in [1.165, 1.54) is 18.9 Å². The van der Waals surface area contributed by atoms with Crippen LogP contribution >= 0.6 is 0 Å². The second kappa shape index (κ2) is 4.91. The maximum Gasteiger partial charge on any atom is 0.130 e. The highest BCUT2D eigenvalue weighted by Gasteiger charge is 2.26. The average Bonchev–Trinajstić information content (AvgIpc) is 2.75. The summed E-state index contributed by atoms with van der Waals surface area (Å²) in [6, 6.07) is 3.87. The van der Waals surface area contributed by atoms with Crippen molar-refractivity contribution < 1.29 is 8.78 Å². The second-order valence-corrected chi connectivity index (χ2v) is 4.48. The van der Waals surface area contributed by atoms with Gasteiger partial charge < -0.3 is 5.32 Å². The summed E-state index contributed by atoms with van der Waals surface area (Å²) in [6.45, 7) is 0. The number of nitrogens with one attached hydrogen (secondary N) is 1. The molecule has 1 fully saturated rings. The Kier molecular flexibility index (Phi) is 3.54. The van der Waals surface area contributed by atoms with Crippen molar-refractivity contribution in [3.05, 3.63) is 35.4 Å². The van der Waals surface area contributed by atoms with Crippen molar-refractivity contribution in [2.45, 2.75) is 31.7 Å². The van der Waals surface area contributed by atoms with E-state index in [2.05, 4.69) is 5.32 Å². The summed E-state index contributed by atoms with van der Waals surface area (Å²) in [5.74, 6) is -0.473. The molecule has 0 radical (unpaired) electrons. The molecule has 0 heterocycles. The van der Waals surface area contributed by atoms with Crippen LogP contribution in [0.15, 0.2) is 18.2 Å². The molecule has 0 saturated heterocycles. The van der Waals surface area contributed by atoms with Crippen LogP contribution in [0.3, 0.4) is 0 Å². The lowest BCUT2D eigenvalue weighted by Gasteiger charge is -2.23. The third kappa shape index (κ3) is 2.24. The fourth-order valence-electron chi connectivity index (χ4n) is 2.69. The van der Waals surface area contributed by atoms with Gasteiger partial charge in [-0.25, -0.2) is 8.78 Å². The summed E-state index contributed by atoms with van der Waals surface area (Å²) in [4.78, 5) is 0. The quantitative estimate of drug-likeness (QED) is 0.831. The Hall–Kier alpha value is -0.960. The fourth-order valence-corrected chi connectivity index (χ4v) is 2.69. The van der Waals surface area contributed by atoms with Gasteiger partial charge >= 0.3 is 0 Å². The highest BCUT2D eigenvalue weighted by atomic mass is 19.1. The van der Waals surface area contributed by atoms with Gasteiger partial charge in [-0.05, 0) is 31.9 Å². The molecule has 1 aromatic carbocycles. The summed E-state index contributed by atoms with van der Waals surface area (Å²) < 4.78 is 26.5. The number of benzene rings is 1. The van der Waals surface area contributed by atoms with Gasteiger partial charge in [0.25, 0.3) is 0 Å². The lowest BCUT2D eigenvalue weighted by Crippen LogP contribution is -2.24. The molecule has 1 N–H and O–H groups in total. The van der Waals surface area contributed by atoms with Crippen molar-refractivity contribution in [3.8, 4) is 0 Å². The number of hydrogen-bond acceptors (Lipinski definition) is 1. The zero-order valence-electron chi connectivity index (χ0n) is 9.47. The minimum Gasteiger partial charge on any atom is -0.313 e. The molecule has 1 aliphatic rings. The van der Waals surface area contributed by atoms with Gasteiger partial charge in [0.05, 0.1) is 0 Å². The molecule has 16 heavy (non-hydrogen) atoms. The van der Waals surface area contributed by atoms with Crippen LogP contribution in [-0.2, 0) is 0 Å². The lowest BCUT2D eigenvalue weighted by molar-refractivity contribution is 0.377. The zero-order valence-corrected chi connectivity index (χ0v) is 9.47. The van der Waals surface area contributed by atoms with Crippen LogP contribution in [0.5, 0.6) is 0 Å². The van der Waals surface area contributed by atoms with Crippen LogP contribution in [0.1, 0.15) is 37.3 Å². The molecule has 1 aromatic rings. The van der Waals surface area contributed by atoms with Gasteiger partial charge in [-0.3, -0.25) is 0 Å². The molecule has 0 aliphatic heterocycles. The predicted molar refractivity (Wildman–Crippen MR) is 60.1 cm³/mol. The minimum atomic E-state index is -0.512. The van der Waals surface area contributed by atoms with Gasteiger partial charge in [-0.1, -0.05) is 18.9 Å². The average molecular weight is 225 g/mol. The van der Waals surface area contributed by atoms with E-state index in [4.69, 9.17) is 0 Å². The maximum atomic E-state index is 13.7. The van der Waals surface area contributed by atoms with E-state index >= 15 is 0 Å². The topological polar surface area (TPSA) is 12.0 Å². The first-order chi connectivity index (χ1) is 7.72. The van der Waals surface area contributed by atoms with Crippen molar-refractivity contribution in [1.29, 1.82) is 0 Å². The van der Waals surface area contributed by atoms with Crippen LogP contribution < -0.4 is 5.32 Å². The molecule has 1 unspecified atom stereocenters. The van der Waals surface area contributed by atoms with Gasteiger partial charge in [-0.2, -0.15) is 0 Å². The highest BCUT2D eigenvalue weighted by molar-refractivity contribution is 5.23. The number of halogens is 2. The lowest BCUT2D eigenvalue weighted by atomic mass is 9.91. The Bertz CT molecular complexity index is 359. The highest BCUT2D eigenvalue weighted by Crippen LogP contribution is 2.36. The molecule has 88 valence electrons. The van der Waals surface area contributed by atoms with E-state index in [1.807, 2.05) is 7.05 Å². The van der Waals surface area contributed by atoms with Gasteiger partial charge in [-0.15, -0.1) is 0 Å². The van der Waals surface area contributed by atoms with E-state index in [0.717, 1.165) is 18.9 Å². The molecular formula is C13H17F2N. The number of rotatable bonds is 3.